The first-order valence-corrected chi connectivity index (χ1v) is 6.94. The molecule has 1 aliphatic carbocycles. The summed E-state index contributed by atoms with van der Waals surface area (Å²) in [7, 11) is 2.19. The Labute approximate surface area is 109 Å². The highest BCUT2D eigenvalue weighted by Crippen LogP contribution is 2.33. The van der Waals surface area contributed by atoms with E-state index in [-0.39, 0.29) is 0 Å². The number of likely N-dealkylation sites (N-methyl/N-ethyl adjacent to an activating group) is 1. The Morgan fingerprint density at radius 1 is 1.44 bits per heavy atom. The van der Waals surface area contributed by atoms with Crippen molar-refractivity contribution in [3.63, 3.8) is 0 Å². The molecule has 1 atom stereocenters. The molecule has 0 amide bonds. The van der Waals surface area contributed by atoms with Crippen molar-refractivity contribution in [3.8, 4) is 5.75 Å². The summed E-state index contributed by atoms with van der Waals surface area (Å²) in [6.45, 7) is 2.68. The van der Waals surface area contributed by atoms with E-state index in [0.717, 1.165) is 24.7 Å². The van der Waals surface area contributed by atoms with Gasteiger partial charge < -0.3 is 10.5 Å². The monoisotopic (exact) mass is 246 g/mol. The van der Waals surface area contributed by atoms with E-state index in [9.17, 15) is 0 Å². The molecule has 3 rings (SSSR count). The second-order valence-electron chi connectivity index (χ2n) is 5.60. The highest BCUT2D eigenvalue weighted by Gasteiger charge is 2.26. The van der Waals surface area contributed by atoms with Crippen molar-refractivity contribution in [2.24, 2.45) is 11.7 Å². The van der Waals surface area contributed by atoms with Crippen molar-refractivity contribution in [2.75, 3.05) is 26.7 Å². The van der Waals surface area contributed by atoms with Gasteiger partial charge in [-0.2, -0.15) is 0 Å². The number of rotatable bonds is 5. The number of hydrogen-bond donors (Lipinski definition) is 1. The molecule has 0 radical (unpaired) electrons. The Morgan fingerprint density at radius 2 is 2.28 bits per heavy atom. The largest absolute Gasteiger partial charge is 0.493 e. The number of ether oxygens (including phenoxy) is 1. The van der Waals surface area contributed by atoms with Crippen LogP contribution in [0.2, 0.25) is 0 Å². The third-order valence-electron chi connectivity index (χ3n) is 4.10. The zero-order chi connectivity index (χ0) is 12.5. The lowest BCUT2D eigenvalue weighted by atomic mass is 10.0. The van der Waals surface area contributed by atoms with Gasteiger partial charge in [0.2, 0.25) is 0 Å². The van der Waals surface area contributed by atoms with E-state index in [1.807, 2.05) is 0 Å². The average molecular weight is 246 g/mol. The molecule has 1 aliphatic heterocycles. The molecule has 2 aliphatic rings. The molecular formula is C15H22N2O. The van der Waals surface area contributed by atoms with E-state index in [1.165, 1.54) is 30.5 Å². The van der Waals surface area contributed by atoms with Crippen LogP contribution in [0, 0.1) is 5.92 Å². The number of nitrogens with zero attached hydrogens (tertiary/aromatic N) is 1. The topological polar surface area (TPSA) is 38.5 Å². The van der Waals surface area contributed by atoms with E-state index >= 15 is 0 Å². The lowest BCUT2D eigenvalue weighted by Gasteiger charge is -2.27. The van der Waals surface area contributed by atoms with Gasteiger partial charge >= 0.3 is 0 Å². The molecule has 98 valence electrons. The maximum absolute atomic E-state index is 5.97. The fourth-order valence-corrected chi connectivity index (χ4v) is 2.82. The molecule has 1 fully saturated rings. The molecule has 0 spiro atoms. The minimum absolute atomic E-state index is 0.344. The maximum Gasteiger partial charge on any atom is 0.122 e. The minimum Gasteiger partial charge on any atom is -0.493 e. The first kappa shape index (κ1) is 12.0. The highest BCUT2D eigenvalue weighted by atomic mass is 16.5. The second-order valence-corrected chi connectivity index (χ2v) is 5.60. The first-order valence-electron chi connectivity index (χ1n) is 6.94. The predicted octanol–water partition coefficient (Wildman–Crippen LogP) is 1.96. The van der Waals surface area contributed by atoms with Crippen LogP contribution in [-0.2, 0) is 6.42 Å². The predicted molar refractivity (Wildman–Crippen MR) is 72.8 cm³/mol. The van der Waals surface area contributed by atoms with Crippen LogP contribution < -0.4 is 10.5 Å². The summed E-state index contributed by atoms with van der Waals surface area (Å²) in [5.41, 5.74) is 8.65. The molecule has 1 aromatic carbocycles. The molecule has 1 aromatic rings. The molecule has 0 bridgehead atoms. The van der Waals surface area contributed by atoms with Gasteiger partial charge in [-0.1, -0.05) is 12.1 Å². The lowest BCUT2D eigenvalue weighted by Crippen LogP contribution is -2.32. The summed E-state index contributed by atoms with van der Waals surface area (Å²) >= 11 is 0. The fraction of sp³-hybridized carbons (Fsp3) is 0.600. The summed E-state index contributed by atoms with van der Waals surface area (Å²) in [6.07, 6.45) is 3.81. The Bertz CT molecular complexity index is 429. The van der Waals surface area contributed by atoms with Crippen molar-refractivity contribution in [1.29, 1.82) is 0 Å². The van der Waals surface area contributed by atoms with Crippen LogP contribution >= 0.6 is 0 Å². The Kier molecular flexibility index (Phi) is 3.27. The smallest absolute Gasteiger partial charge is 0.122 e. The Hall–Kier alpha value is -1.06. The first-order chi connectivity index (χ1) is 8.78. The standard InChI is InChI=1S/C15H22N2O/c1-17(10-11-2-3-11)14(9-16)12-4-5-15-13(8-12)6-7-18-15/h4-5,8,11,14H,2-3,6-7,9-10,16H2,1H3. The molecule has 3 nitrogen and oxygen atoms in total. The highest BCUT2D eigenvalue weighted by molar-refractivity contribution is 5.40. The molecule has 1 saturated carbocycles. The lowest BCUT2D eigenvalue weighted by molar-refractivity contribution is 0.240. The third kappa shape index (κ3) is 2.38. The quantitative estimate of drug-likeness (QED) is 0.863. The van der Waals surface area contributed by atoms with E-state index in [2.05, 4.69) is 30.1 Å². The summed E-state index contributed by atoms with van der Waals surface area (Å²) in [6, 6.07) is 6.90. The van der Waals surface area contributed by atoms with Gasteiger partial charge in [0.05, 0.1) is 6.61 Å². The molecule has 1 heterocycles. The molecule has 0 saturated heterocycles. The van der Waals surface area contributed by atoms with Gasteiger partial charge in [0.15, 0.2) is 0 Å². The zero-order valence-electron chi connectivity index (χ0n) is 11.1. The normalized spacial score (nSPS) is 19.7. The van der Waals surface area contributed by atoms with Crippen LogP contribution in [0.25, 0.3) is 0 Å². The van der Waals surface area contributed by atoms with Gasteiger partial charge in [0, 0.05) is 25.6 Å². The van der Waals surface area contributed by atoms with Crippen molar-refractivity contribution >= 4 is 0 Å². The molecule has 2 N–H and O–H groups in total. The number of benzene rings is 1. The van der Waals surface area contributed by atoms with E-state index < -0.39 is 0 Å². The average Bonchev–Trinajstić information content (AvgIpc) is 3.05. The summed E-state index contributed by atoms with van der Waals surface area (Å²) in [5.74, 6) is 1.96. The number of fused-ring (bicyclic) bond motifs is 1. The van der Waals surface area contributed by atoms with E-state index in [0.29, 0.717) is 12.6 Å². The van der Waals surface area contributed by atoms with Crippen LogP contribution in [0.1, 0.15) is 30.0 Å². The van der Waals surface area contributed by atoms with Crippen molar-refractivity contribution in [1.82, 2.24) is 4.90 Å². The van der Waals surface area contributed by atoms with Crippen LogP contribution in [-0.4, -0.2) is 31.6 Å². The zero-order valence-corrected chi connectivity index (χ0v) is 11.1. The van der Waals surface area contributed by atoms with Gasteiger partial charge in [-0.05, 0) is 43.0 Å². The van der Waals surface area contributed by atoms with Crippen molar-refractivity contribution in [2.45, 2.75) is 25.3 Å². The molecular weight excluding hydrogens is 224 g/mol. The van der Waals surface area contributed by atoms with Gasteiger partial charge in [-0.25, -0.2) is 0 Å². The minimum atomic E-state index is 0.344. The molecule has 1 unspecified atom stereocenters. The third-order valence-corrected chi connectivity index (χ3v) is 4.10. The summed E-state index contributed by atoms with van der Waals surface area (Å²) in [4.78, 5) is 2.41. The van der Waals surface area contributed by atoms with Crippen molar-refractivity contribution in [3.05, 3.63) is 29.3 Å². The SMILES string of the molecule is CN(CC1CC1)C(CN)c1ccc2c(c1)CCO2. The number of nitrogens with two attached hydrogens (primary N) is 1. The second kappa shape index (κ2) is 4.90. The molecule has 3 heteroatoms. The van der Waals surface area contributed by atoms with Crippen LogP contribution in [0.4, 0.5) is 0 Å². The summed E-state index contributed by atoms with van der Waals surface area (Å²) in [5, 5.41) is 0. The van der Waals surface area contributed by atoms with E-state index in [4.69, 9.17) is 10.5 Å². The number of hydrogen-bond acceptors (Lipinski definition) is 3. The van der Waals surface area contributed by atoms with Gasteiger partial charge in [-0.15, -0.1) is 0 Å². The van der Waals surface area contributed by atoms with Crippen LogP contribution in [0.5, 0.6) is 5.75 Å². The van der Waals surface area contributed by atoms with Crippen LogP contribution in [0.3, 0.4) is 0 Å². The van der Waals surface area contributed by atoms with Gasteiger partial charge in [0.1, 0.15) is 5.75 Å². The summed E-state index contributed by atoms with van der Waals surface area (Å²) < 4.78 is 5.56. The Morgan fingerprint density at radius 3 is 3.00 bits per heavy atom. The van der Waals surface area contributed by atoms with Crippen molar-refractivity contribution < 1.29 is 4.74 Å². The van der Waals surface area contributed by atoms with Crippen LogP contribution in [0.15, 0.2) is 18.2 Å². The Balaban J connectivity index is 1.77. The fourth-order valence-electron chi connectivity index (χ4n) is 2.82. The van der Waals surface area contributed by atoms with Gasteiger partial charge in [-0.3, -0.25) is 4.90 Å². The molecule has 18 heavy (non-hydrogen) atoms. The molecule has 0 aromatic heterocycles. The maximum atomic E-state index is 5.97. The van der Waals surface area contributed by atoms with E-state index in [1.54, 1.807) is 0 Å². The van der Waals surface area contributed by atoms with Gasteiger partial charge in [0.25, 0.3) is 0 Å².